The van der Waals surface area contributed by atoms with Gasteiger partial charge in [-0.25, -0.2) is 8.42 Å². The zero-order valence-corrected chi connectivity index (χ0v) is 16.7. The number of nitrogens with one attached hydrogen (secondary N) is 1. The monoisotopic (exact) mass is 414 g/mol. The number of carbonyl (C=O) groups is 1. The Morgan fingerprint density at radius 3 is 2.57 bits per heavy atom. The van der Waals surface area contributed by atoms with E-state index in [0.717, 1.165) is 17.8 Å². The van der Waals surface area contributed by atoms with Gasteiger partial charge in [0.15, 0.2) is 0 Å². The molecule has 1 aromatic heterocycles. The van der Waals surface area contributed by atoms with Crippen LogP contribution in [0.1, 0.15) is 34.1 Å². The van der Waals surface area contributed by atoms with Gasteiger partial charge < -0.3 is 0 Å². The van der Waals surface area contributed by atoms with Gasteiger partial charge >= 0.3 is 0 Å². The summed E-state index contributed by atoms with van der Waals surface area (Å²) in [5.41, 5.74) is 0.782. The highest BCUT2D eigenvalue weighted by molar-refractivity contribution is 7.92. The minimum absolute atomic E-state index is 0.0439. The average molecular weight is 415 g/mol. The second-order valence-corrected chi connectivity index (χ2v) is 9.49. The van der Waals surface area contributed by atoms with Crippen molar-refractivity contribution in [2.24, 2.45) is 0 Å². The lowest BCUT2D eigenvalue weighted by Gasteiger charge is -2.19. The van der Waals surface area contributed by atoms with Crippen molar-refractivity contribution in [3.8, 4) is 0 Å². The molecule has 9 heteroatoms. The van der Waals surface area contributed by atoms with Gasteiger partial charge in [0, 0.05) is 18.5 Å². The van der Waals surface area contributed by atoms with E-state index in [2.05, 4.69) is 15.5 Å². The molecule has 1 amide bonds. The van der Waals surface area contributed by atoms with Gasteiger partial charge in [-0.15, -0.1) is 10.2 Å². The van der Waals surface area contributed by atoms with E-state index in [-0.39, 0.29) is 10.5 Å². The molecule has 7 nitrogen and oxygen atoms in total. The number of para-hydroxylation sites is 1. The fourth-order valence-corrected chi connectivity index (χ4v) is 4.83. The topological polar surface area (TPSA) is 92.3 Å². The average Bonchev–Trinajstić information content (AvgIpc) is 3.47. The molecule has 1 N–H and O–H groups in total. The molecule has 0 saturated heterocycles. The summed E-state index contributed by atoms with van der Waals surface area (Å²) in [6.07, 6.45) is 2.22. The summed E-state index contributed by atoms with van der Waals surface area (Å²) in [6.45, 7) is 0. The lowest BCUT2D eigenvalue weighted by Crippen LogP contribution is -2.26. The summed E-state index contributed by atoms with van der Waals surface area (Å²) in [5.74, 6) is 0.0445. The van der Waals surface area contributed by atoms with Crippen LogP contribution in [0.2, 0.25) is 0 Å². The maximum absolute atomic E-state index is 12.9. The van der Waals surface area contributed by atoms with Crippen molar-refractivity contribution >= 4 is 38.1 Å². The first-order valence-corrected chi connectivity index (χ1v) is 11.0. The zero-order chi connectivity index (χ0) is 19.7. The first-order valence-electron chi connectivity index (χ1n) is 8.74. The number of rotatable bonds is 6. The van der Waals surface area contributed by atoms with Crippen LogP contribution < -0.4 is 9.62 Å². The van der Waals surface area contributed by atoms with Crippen molar-refractivity contribution in [2.75, 3.05) is 16.7 Å². The van der Waals surface area contributed by atoms with Crippen LogP contribution >= 0.6 is 11.3 Å². The molecule has 0 aliphatic heterocycles. The minimum Gasteiger partial charge on any atom is -0.296 e. The Morgan fingerprint density at radius 1 is 1.11 bits per heavy atom. The van der Waals surface area contributed by atoms with Gasteiger partial charge in [-0.3, -0.25) is 14.4 Å². The molecule has 144 valence electrons. The quantitative estimate of drug-likeness (QED) is 0.666. The molecule has 0 bridgehead atoms. The zero-order valence-electron chi connectivity index (χ0n) is 15.1. The molecule has 0 radical (unpaired) electrons. The van der Waals surface area contributed by atoms with E-state index >= 15 is 0 Å². The molecule has 1 saturated carbocycles. The van der Waals surface area contributed by atoms with Gasteiger partial charge in [0.1, 0.15) is 5.01 Å². The van der Waals surface area contributed by atoms with Crippen molar-refractivity contribution in [1.82, 2.24) is 10.2 Å². The molecule has 1 fully saturated rings. The Labute approximate surface area is 167 Å². The second kappa shape index (κ2) is 7.33. The van der Waals surface area contributed by atoms with Crippen molar-refractivity contribution in [2.45, 2.75) is 23.7 Å². The number of amides is 1. The highest BCUT2D eigenvalue weighted by Crippen LogP contribution is 2.42. The molecule has 28 heavy (non-hydrogen) atoms. The summed E-state index contributed by atoms with van der Waals surface area (Å²) in [5, 5.41) is 12.1. The molecule has 1 heterocycles. The van der Waals surface area contributed by atoms with Crippen LogP contribution in [-0.4, -0.2) is 31.6 Å². The van der Waals surface area contributed by atoms with Crippen LogP contribution in [0.25, 0.3) is 0 Å². The lowest BCUT2D eigenvalue weighted by atomic mass is 10.2. The predicted octanol–water partition coefficient (Wildman–Crippen LogP) is 3.49. The Hall–Kier alpha value is -2.78. The fraction of sp³-hybridized carbons (Fsp3) is 0.211. The molecule has 1 aliphatic carbocycles. The number of aromatic nitrogens is 2. The van der Waals surface area contributed by atoms with Crippen LogP contribution in [0.5, 0.6) is 0 Å². The van der Waals surface area contributed by atoms with Gasteiger partial charge in [-0.05, 0) is 43.2 Å². The number of nitrogens with zero attached hydrogens (tertiary/aromatic N) is 3. The molecular weight excluding hydrogens is 396 g/mol. The first-order chi connectivity index (χ1) is 13.4. The smallest absolute Gasteiger partial charge is 0.264 e. The van der Waals surface area contributed by atoms with Crippen molar-refractivity contribution in [3.05, 3.63) is 65.2 Å². The third-order valence-electron chi connectivity index (χ3n) is 4.46. The molecule has 1 aliphatic rings. The summed E-state index contributed by atoms with van der Waals surface area (Å²) >= 11 is 1.36. The highest BCUT2D eigenvalue weighted by atomic mass is 32.2. The lowest BCUT2D eigenvalue weighted by molar-refractivity contribution is 0.102. The summed E-state index contributed by atoms with van der Waals surface area (Å²) < 4.78 is 27.0. The van der Waals surface area contributed by atoms with Crippen LogP contribution in [0.15, 0.2) is 59.5 Å². The standard InChI is InChI=1S/C19H18N4O3S2/c1-23(15-7-3-2-4-8-15)28(25,26)16-9-5-6-14(12-16)17(24)20-19-22-21-18(27-19)13-10-11-13/h2-9,12-13H,10-11H2,1H3,(H,20,22,24). The fourth-order valence-electron chi connectivity index (χ4n) is 2.68. The Balaban J connectivity index is 1.55. The molecule has 3 aromatic rings. The molecule has 0 spiro atoms. The van der Waals surface area contributed by atoms with Crippen molar-refractivity contribution in [1.29, 1.82) is 0 Å². The van der Waals surface area contributed by atoms with Crippen molar-refractivity contribution < 1.29 is 13.2 Å². The summed E-state index contributed by atoms with van der Waals surface area (Å²) in [6, 6.07) is 14.7. The maximum Gasteiger partial charge on any atom is 0.264 e. The second-order valence-electron chi connectivity index (χ2n) is 6.51. The third-order valence-corrected chi connectivity index (χ3v) is 7.24. The van der Waals surface area contributed by atoms with Gasteiger partial charge in [0.25, 0.3) is 15.9 Å². The Bertz CT molecular complexity index is 1110. The molecule has 4 rings (SSSR count). The van der Waals surface area contributed by atoms with E-state index in [1.54, 1.807) is 36.4 Å². The van der Waals surface area contributed by atoms with Gasteiger partial charge in [0.05, 0.1) is 10.6 Å². The molecular formula is C19H18N4O3S2. The molecule has 0 atom stereocenters. The van der Waals surface area contributed by atoms with Gasteiger partial charge in [-0.2, -0.15) is 0 Å². The minimum atomic E-state index is -3.79. The van der Waals surface area contributed by atoms with Crippen LogP contribution in [0.3, 0.4) is 0 Å². The van der Waals surface area contributed by atoms with E-state index in [9.17, 15) is 13.2 Å². The van der Waals surface area contributed by atoms with E-state index < -0.39 is 15.9 Å². The largest absolute Gasteiger partial charge is 0.296 e. The Kier molecular flexibility index (Phi) is 4.86. The van der Waals surface area contributed by atoms with Crippen molar-refractivity contribution in [3.63, 3.8) is 0 Å². The summed E-state index contributed by atoms with van der Waals surface area (Å²) in [4.78, 5) is 12.6. The van der Waals surface area contributed by atoms with Gasteiger partial charge in [-0.1, -0.05) is 35.6 Å². The number of sulfonamides is 1. The molecule has 2 aromatic carbocycles. The highest BCUT2D eigenvalue weighted by Gasteiger charge is 2.28. The number of hydrogen-bond donors (Lipinski definition) is 1. The number of anilines is 2. The third kappa shape index (κ3) is 3.76. The number of benzene rings is 2. The van der Waals surface area contributed by atoms with E-state index in [1.165, 1.54) is 34.8 Å². The first kappa shape index (κ1) is 18.6. The Morgan fingerprint density at radius 2 is 1.86 bits per heavy atom. The van der Waals surface area contributed by atoms with Crippen LogP contribution in [0.4, 0.5) is 10.8 Å². The molecule has 0 unspecified atom stereocenters. The van der Waals surface area contributed by atoms with Crippen LogP contribution in [-0.2, 0) is 10.0 Å². The van der Waals surface area contributed by atoms with Gasteiger partial charge in [0.2, 0.25) is 5.13 Å². The maximum atomic E-state index is 12.9. The SMILES string of the molecule is CN(c1ccccc1)S(=O)(=O)c1cccc(C(=O)Nc2nnc(C3CC3)s2)c1. The van der Waals surface area contributed by atoms with E-state index in [4.69, 9.17) is 0 Å². The normalized spacial score (nSPS) is 13.9. The number of hydrogen-bond acceptors (Lipinski definition) is 6. The van der Waals surface area contributed by atoms with E-state index in [1.807, 2.05) is 6.07 Å². The number of carbonyl (C=O) groups excluding carboxylic acids is 1. The van der Waals surface area contributed by atoms with E-state index in [0.29, 0.717) is 16.7 Å². The summed E-state index contributed by atoms with van der Waals surface area (Å²) in [7, 11) is -2.31. The predicted molar refractivity (Wildman–Crippen MR) is 108 cm³/mol. The van der Waals surface area contributed by atoms with Crippen LogP contribution in [0, 0.1) is 0 Å².